The first kappa shape index (κ1) is 19.2. The first-order valence-corrected chi connectivity index (χ1v) is 9.45. The van der Waals surface area contributed by atoms with Crippen molar-refractivity contribution in [2.24, 2.45) is 0 Å². The Morgan fingerprint density at radius 2 is 1.85 bits per heavy atom. The monoisotopic (exact) mass is 368 g/mol. The van der Waals surface area contributed by atoms with E-state index in [0.717, 1.165) is 30.7 Å². The molecule has 5 nitrogen and oxygen atoms in total. The summed E-state index contributed by atoms with van der Waals surface area (Å²) in [6.07, 6.45) is 2.18. The molecule has 0 N–H and O–H groups in total. The lowest BCUT2D eigenvalue weighted by Gasteiger charge is -2.26. The molecule has 1 aliphatic rings. The molecule has 2 aromatic carbocycles. The van der Waals surface area contributed by atoms with Crippen molar-refractivity contribution >= 4 is 11.6 Å². The van der Waals surface area contributed by atoms with Gasteiger partial charge in [-0.3, -0.25) is 4.79 Å². The molecule has 0 saturated carbocycles. The Balaban J connectivity index is 1.64. The summed E-state index contributed by atoms with van der Waals surface area (Å²) in [7, 11) is 4.03. The topological polar surface area (TPSA) is 42.0 Å². The van der Waals surface area contributed by atoms with Crippen molar-refractivity contribution in [3.63, 3.8) is 0 Å². The van der Waals surface area contributed by atoms with Crippen LogP contribution >= 0.6 is 0 Å². The van der Waals surface area contributed by atoms with Crippen LogP contribution in [0.5, 0.6) is 5.75 Å². The van der Waals surface area contributed by atoms with Gasteiger partial charge >= 0.3 is 0 Å². The molecule has 2 aromatic rings. The quantitative estimate of drug-likeness (QED) is 0.717. The van der Waals surface area contributed by atoms with E-state index in [9.17, 15) is 4.79 Å². The molecule has 1 aliphatic heterocycles. The van der Waals surface area contributed by atoms with Gasteiger partial charge in [0.2, 0.25) is 0 Å². The fourth-order valence-electron chi connectivity index (χ4n) is 3.16. The van der Waals surface area contributed by atoms with Crippen molar-refractivity contribution in [3.8, 4) is 5.75 Å². The molecule has 0 aliphatic carbocycles. The normalized spacial score (nSPS) is 16.1. The Kier molecular flexibility index (Phi) is 6.71. The van der Waals surface area contributed by atoms with Crippen LogP contribution in [0.1, 0.15) is 18.4 Å². The zero-order chi connectivity index (χ0) is 19.1. The number of anilines is 1. The minimum Gasteiger partial charge on any atom is -0.484 e. The Bertz CT molecular complexity index is 710. The summed E-state index contributed by atoms with van der Waals surface area (Å²) < 4.78 is 11.4. The van der Waals surface area contributed by atoms with Crippen molar-refractivity contribution in [2.75, 3.05) is 38.8 Å². The molecule has 1 unspecified atom stereocenters. The summed E-state index contributed by atoms with van der Waals surface area (Å²) in [5.41, 5.74) is 2.25. The maximum Gasteiger partial charge on any atom is 0.260 e. The second-order valence-corrected chi connectivity index (χ2v) is 7.07. The summed E-state index contributed by atoms with van der Waals surface area (Å²) in [4.78, 5) is 16.7. The van der Waals surface area contributed by atoms with Crippen molar-refractivity contribution in [2.45, 2.75) is 25.5 Å². The van der Waals surface area contributed by atoms with Crippen molar-refractivity contribution in [1.82, 2.24) is 4.90 Å². The van der Waals surface area contributed by atoms with E-state index in [-0.39, 0.29) is 18.6 Å². The lowest BCUT2D eigenvalue weighted by molar-refractivity contribution is -0.135. The van der Waals surface area contributed by atoms with Gasteiger partial charge in [0.25, 0.3) is 5.91 Å². The third-order valence-electron chi connectivity index (χ3n) is 4.73. The molecule has 1 heterocycles. The number of hydrogen-bond acceptors (Lipinski definition) is 4. The van der Waals surface area contributed by atoms with Crippen LogP contribution in [-0.4, -0.2) is 50.8 Å². The first-order chi connectivity index (χ1) is 13.1. The molecule has 1 amide bonds. The van der Waals surface area contributed by atoms with Gasteiger partial charge < -0.3 is 19.3 Å². The molecular weight excluding hydrogens is 340 g/mol. The molecule has 1 atom stereocenters. The summed E-state index contributed by atoms with van der Waals surface area (Å²) in [6, 6.07) is 17.7. The van der Waals surface area contributed by atoms with E-state index in [2.05, 4.69) is 29.2 Å². The lowest BCUT2D eigenvalue weighted by Crippen LogP contribution is -2.39. The number of para-hydroxylation sites is 1. The zero-order valence-electron chi connectivity index (χ0n) is 16.1. The molecule has 0 bridgehead atoms. The van der Waals surface area contributed by atoms with Gasteiger partial charge in [0.1, 0.15) is 5.75 Å². The largest absolute Gasteiger partial charge is 0.484 e. The molecule has 0 aromatic heterocycles. The number of carbonyl (C=O) groups excluding carboxylic acids is 1. The van der Waals surface area contributed by atoms with E-state index in [1.807, 2.05) is 49.3 Å². The molecule has 27 heavy (non-hydrogen) atoms. The Labute approximate surface area is 161 Å². The number of amides is 1. The van der Waals surface area contributed by atoms with E-state index >= 15 is 0 Å². The van der Waals surface area contributed by atoms with Crippen LogP contribution in [0.25, 0.3) is 0 Å². The number of ether oxygens (including phenoxy) is 2. The highest BCUT2D eigenvalue weighted by Crippen LogP contribution is 2.18. The average Bonchev–Trinajstić information content (AvgIpc) is 3.20. The second kappa shape index (κ2) is 9.42. The van der Waals surface area contributed by atoms with Gasteiger partial charge in [0.05, 0.1) is 6.10 Å². The van der Waals surface area contributed by atoms with Crippen LogP contribution in [0.4, 0.5) is 5.69 Å². The molecule has 1 fully saturated rings. The van der Waals surface area contributed by atoms with Crippen LogP contribution in [0.2, 0.25) is 0 Å². The van der Waals surface area contributed by atoms with Gasteiger partial charge in [0, 0.05) is 39.5 Å². The molecule has 5 heteroatoms. The van der Waals surface area contributed by atoms with Gasteiger partial charge in [-0.15, -0.1) is 0 Å². The van der Waals surface area contributed by atoms with E-state index in [1.165, 1.54) is 0 Å². The third kappa shape index (κ3) is 5.73. The Hall–Kier alpha value is -2.53. The Morgan fingerprint density at radius 1 is 1.11 bits per heavy atom. The number of benzene rings is 2. The zero-order valence-corrected chi connectivity index (χ0v) is 16.1. The predicted molar refractivity (Wildman–Crippen MR) is 107 cm³/mol. The number of rotatable bonds is 8. The number of hydrogen-bond donors (Lipinski definition) is 0. The summed E-state index contributed by atoms with van der Waals surface area (Å²) >= 11 is 0. The minimum atomic E-state index is -0.0222. The maximum absolute atomic E-state index is 12.8. The summed E-state index contributed by atoms with van der Waals surface area (Å²) in [5, 5.41) is 0. The van der Waals surface area contributed by atoms with Gasteiger partial charge in [-0.1, -0.05) is 30.3 Å². The van der Waals surface area contributed by atoms with Gasteiger partial charge in [-0.25, -0.2) is 0 Å². The molecule has 144 valence electrons. The second-order valence-electron chi connectivity index (χ2n) is 7.07. The van der Waals surface area contributed by atoms with Crippen LogP contribution in [0.3, 0.4) is 0 Å². The van der Waals surface area contributed by atoms with Crippen LogP contribution in [0, 0.1) is 0 Å². The summed E-state index contributed by atoms with van der Waals surface area (Å²) in [6.45, 7) is 1.98. The van der Waals surface area contributed by atoms with Gasteiger partial charge in [-0.2, -0.15) is 0 Å². The molecular formula is C22H28N2O3. The fraction of sp³-hybridized carbons (Fsp3) is 0.409. The Morgan fingerprint density at radius 3 is 2.48 bits per heavy atom. The van der Waals surface area contributed by atoms with Gasteiger partial charge in [-0.05, 0) is 42.7 Å². The minimum absolute atomic E-state index is 0.0222. The molecule has 3 rings (SSSR count). The van der Waals surface area contributed by atoms with Gasteiger partial charge in [0.15, 0.2) is 6.61 Å². The van der Waals surface area contributed by atoms with Crippen molar-refractivity contribution in [1.29, 1.82) is 0 Å². The van der Waals surface area contributed by atoms with Crippen LogP contribution in [-0.2, 0) is 16.1 Å². The van der Waals surface area contributed by atoms with Crippen molar-refractivity contribution < 1.29 is 14.3 Å². The summed E-state index contributed by atoms with van der Waals surface area (Å²) in [5.74, 6) is 0.685. The average molecular weight is 368 g/mol. The smallest absolute Gasteiger partial charge is 0.260 e. The van der Waals surface area contributed by atoms with Crippen LogP contribution < -0.4 is 9.64 Å². The third-order valence-corrected chi connectivity index (χ3v) is 4.73. The molecule has 0 spiro atoms. The lowest BCUT2D eigenvalue weighted by atomic mass is 10.1. The highest BCUT2D eigenvalue weighted by molar-refractivity contribution is 5.77. The molecule has 0 radical (unpaired) electrons. The predicted octanol–water partition coefficient (Wildman–Crippen LogP) is 3.34. The fourth-order valence-corrected chi connectivity index (χ4v) is 3.16. The van der Waals surface area contributed by atoms with E-state index in [4.69, 9.17) is 9.47 Å². The number of nitrogens with zero attached hydrogens (tertiary/aromatic N) is 2. The standard InChI is InChI=1S/C22H28N2O3/c1-23(2)19-12-10-18(11-13-19)15-24(16-21-9-6-14-26-21)22(25)17-27-20-7-4-3-5-8-20/h3-5,7-8,10-13,21H,6,9,14-17H2,1-2H3. The maximum atomic E-state index is 12.8. The van der Waals surface area contributed by atoms with E-state index in [0.29, 0.717) is 18.8 Å². The highest BCUT2D eigenvalue weighted by atomic mass is 16.5. The first-order valence-electron chi connectivity index (χ1n) is 9.45. The van der Waals surface area contributed by atoms with E-state index < -0.39 is 0 Å². The van der Waals surface area contributed by atoms with E-state index in [1.54, 1.807) is 0 Å². The SMILES string of the molecule is CN(C)c1ccc(CN(CC2CCCO2)C(=O)COc2ccccc2)cc1. The van der Waals surface area contributed by atoms with Crippen molar-refractivity contribution in [3.05, 3.63) is 60.2 Å². The highest BCUT2D eigenvalue weighted by Gasteiger charge is 2.23. The number of carbonyl (C=O) groups is 1. The molecule has 1 saturated heterocycles. The van der Waals surface area contributed by atoms with Crippen LogP contribution in [0.15, 0.2) is 54.6 Å².